The van der Waals surface area contributed by atoms with Crippen LogP contribution in [0, 0.1) is 0 Å². The van der Waals surface area contributed by atoms with Crippen molar-refractivity contribution in [3.8, 4) is 28.4 Å². The average molecular weight is 293 g/mol. The van der Waals surface area contributed by atoms with E-state index in [-0.39, 0.29) is 6.79 Å². The standard InChI is InChI=1S/C18H15NO3/c1-2-20-16-6-4-3-5-13(16)12-7-8-19-15-10-18-17(9-14(12)15)21-11-22-18/h3-10H,2,11H2,1H3. The maximum Gasteiger partial charge on any atom is 0.231 e. The lowest BCUT2D eigenvalue weighted by Crippen LogP contribution is -1.94. The summed E-state index contributed by atoms with van der Waals surface area (Å²) in [6.07, 6.45) is 1.81. The molecule has 0 radical (unpaired) electrons. The molecule has 0 amide bonds. The minimum absolute atomic E-state index is 0.260. The molecule has 0 fully saturated rings. The number of hydrogen-bond donors (Lipinski definition) is 0. The van der Waals surface area contributed by atoms with Crippen molar-refractivity contribution in [2.24, 2.45) is 0 Å². The van der Waals surface area contributed by atoms with Gasteiger partial charge in [-0.3, -0.25) is 4.98 Å². The largest absolute Gasteiger partial charge is 0.493 e. The molecule has 4 rings (SSSR count). The van der Waals surface area contributed by atoms with Crippen LogP contribution in [0.25, 0.3) is 22.0 Å². The lowest BCUT2D eigenvalue weighted by Gasteiger charge is -2.12. The van der Waals surface area contributed by atoms with E-state index in [9.17, 15) is 0 Å². The molecule has 0 atom stereocenters. The summed E-state index contributed by atoms with van der Waals surface area (Å²) in [5.74, 6) is 2.38. The van der Waals surface area contributed by atoms with Gasteiger partial charge in [0.25, 0.3) is 0 Å². The highest BCUT2D eigenvalue weighted by molar-refractivity contribution is 5.97. The molecule has 0 spiro atoms. The summed E-state index contributed by atoms with van der Waals surface area (Å²) >= 11 is 0. The minimum atomic E-state index is 0.260. The SMILES string of the molecule is CCOc1ccccc1-c1ccnc2cc3c(cc12)OCO3. The molecule has 0 unspecified atom stereocenters. The number of hydrogen-bond acceptors (Lipinski definition) is 4. The third-order valence-electron chi connectivity index (χ3n) is 3.71. The smallest absolute Gasteiger partial charge is 0.231 e. The molecule has 3 aromatic rings. The summed E-state index contributed by atoms with van der Waals surface area (Å²) in [5, 5.41) is 1.03. The molecule has 1 aliphatic heterocycles. The third-order valence-corrected chi connectivity index (χ3v) is 3.71. The first-order chi connectivity index (χ1) is 10.9. The molecule has 0 N–H and O–H groups in total. The van der Waals surface area contributed by atoms with Crippen LogP contribution in [0.1, 0.15) is 6.92 Å². The lowest BCUT2D eigenvalue weighted by atomic mass is 10.00. The maximum absolute atomic E-state index is 5.76. The minimum Gasteiger partial charge on any atom is -0.493 e. The van der Waals surface area contributed by atoms with Gasteiger partial charge in [0.05, 0.1) is 12.1 Å². The van der Waals surface area contributed by atoms with Crippen molar-refractivity contribution >= 4 is 10.9 Å². The summed E-state index contributed by atoms with van der Waals surface area (Å²) in [6.45, 7) is 2.88. The fourth-order valence-corrected chi connectivity index (χ4v) is 2.74. The van der Waals surface area contributed by atoms with Gasteiger partial charge in [-0.2, -0.15) is 0 Å². The Bertz CT molecular complexity index is 845. The summed E-state index contributed by atoms with van der Waals surface area (Å²) in [5.41, 5.74) is 3.01. The molecule has 1 aliphatic rings. The van der Waals surface area contributed by atoms with Crippen molar-refractivity contribution in [1.29, 1.82) is 0 Å². The van der Waals surface area contributed by atoms with Gasteiger partial charge in [0, 0.05) is 23.2 Å². The second-order valence-corrected chi connectivity index (χ2v) is 5.01. The van der Waals surface area contributed by atoms with Crippen molar-refractivity contribution < 1.29 is 14.2 Å². The predicted molar refractivity (Wildman–Crippen MR) is 84.5 cm³/mol. The highest BCUT2D eigenvalue weighted by Crippen LogP contribution is 2.40. The molecular weight excluding hydrogens is 278 g/mol. The van der Waals surface area contributed by atoms with Crippen molar-refractivity contribution in [3.63, 3.8) is 0 Å². The Hall–Kier alpha value is -2.75. The Labute approximate surface area is 128 Å². The van der Waals surface area contributed by atoms with Gasteiger partial charge in [-0.15, -0.1) is 0 Å². The van der Waals surface area contributed by atoms with Gasteiger partial charge in [-0.05, 0) is 30.7 Å². The zero-order chi connectivity index (χ0) is 14.9. The Kier molecular flexibility index (Phi) is 3.07. The molecule has 110 valence electrons. The molecule has 22 heavy (non-hydrogen) atoms. The Balaban J connectivity index is 1.96. The van der Waals surface area contributed by atoms with Gasteiger partial charge < -0.3 is 14.2 Å². The van der Waals surface area contributed by atoms with Crippen LogP contribution in [0.2, 0.25) is 0 Å². The van der Waals surface area contributed by atoms with Crippen LogP contribution in [0.4, 0.5) is 0 Å². The number of rotatable bonds is 3. The van der Waals surface area contributed by atoms with Crippen molar-refractivity contribution in [3.05, 3.63) is 48.7 Å². The molecule has 4 heteroatoms. The zero-order valence-electron chi connectivity index (χ0n) is 12.2. The average Bonchev–Trinajstić information content (AvgIpc) is 3.00. The first-order valence-corrected chi connectivity index (χ1v) is 7.27. The number of pyridine rings is 1. The van der Waals surface area contributed by atoms with Gasteiger partial charge in [-0.1, -0.05) is 18.2 Å². The van der Waals surface area contributed by atoms with E-state index < -0.39 is 0 Å². The fraction of sp³-hybridized carbons (Fsp3) is 0.167. The van der Waals surface area contributed by atoms with Crippen molar-refractivity contribution in [2.75, 3.05) is 13.4 Å². The van der Waals surface area contributed by atoms with Crippen LogP contribution < -0.4 is 14.2 Å². The van der Waals surface area contributed by atoms with Crippen LogP contribution in [0.3, 0.4) is 0 Å². The molecule has 0 saturated carbocycles. The number of nitrogens with zero attached hydrogens (tertiary/aromatic N) is 1. The summed E-state index contributed by atoms with van der Waals surface area (Å²) in [6, 6.07) is 13.9. The van der Waals surface area contributed by atoms with E-state index in [0.717, 1.165) is 39.3 Å². The highest BCUT2D eigenvalue weighted by Gasteiger charge is 2.17. The molecular formula is C18H15NO3. The molecule has 2 aromatic carbocycles. The Morgan fingerprint density at radius 1 is 1.05 bits per heavy atom. The number of aromatic nitrogens is 1. The highest BCUT2D eigenvalue weighted by atomic mass is 16.7. The number of ether oxygens (including phenoxy) is 3. The van der Waals surface area contributed by atoms with Gasteiger partial charge in [0.1, 0.15) is 5.75 Å². The third kappa shape index (κ3) is 2.04. The van der Waals surface area contributed by atoms with E-state index in [1.54, 1.807) is 0 Å². The van der Waals surface area contributed by atoms with Crippen molar-refractivity contribution in [2.45, 2.75) is 6.92 Å². The summed E-state index contributed by atoms with van der Waals surface area (Å²) in [7, 11) is 0. The monoisotopic (exact) mass is 293 g/mol. The Morgan fingerprint density at radius 2 is 1.86 bits per heavy atom. The normalized spacial score (nSPS) is 12.6. The second kappa shape index (κ2) is 5.22. The number of fused-ring (bicyclic) bond motifs is 2. The quantitative estimate of drug-likeness (QED) is 0.731. The molecule has 1 aromatic heterocycles. The number of para-hydroxylation sites is 1. The van der Waals surface area contributed by atoms with Gasteiger partial charge in [-0.25, -0.2) is 0 Å². The van der Waals surface area contributed by atoms with Crippen molar-refractivity contribution in [1.82, 2.24) is 4.98 Å². The van der Waals surface area contributed by atoms with Crippen LogP contribution >= 0.6 is 0 Å². The van der Waals surface area contributed by atoms with E-state index in [1.807, 2.05) is 49.5 Å². The maximum atomic E-state index is 5.76. The first kappa shape index (κ1) is 13.0. The van der Waals surface area contributed by atoms with Gasteiger partial charge >= 0.3 is 0 Å². The number of benzene rings is 2. The van der Waals surface area contributed by atoms with E-state index in [0.29, 0.717) is 6.61 Å². The first-order valence-electron chi connectivity index (χ1n) is 7.27. The summed E-state index contributed by atoms with van der Waals surface area (Å²) in [4.78, 5) is 4.44. The van der Waals surface area contributed by atoms with Crippen LogP contribution in [-0.2, 0) is 0 Å². The Morgan fingerprint density at radius 3 is 2.73 bits per heavy atom. The van der Waals surface area contributed by atoms with E-state index in [2.05, 4.69) is 11.1 Å². The van der Waals surface area contributed by atoms with Gasteiger partial charge in [0.2, 0.25) is 6.79 Å². The van der Waals surface area contributed by atoms with Crippen LogP contribution in [-0.4, -0.2) is 18.4 Å². The predicted octanol–water partition coefficient (Wildman–Crippen LogP) is 4.03. The molecule has 2 heterocycles. The van der Waals surface area contributed by atoms with E-state index in [1.165, 1.54) is 0 Å². The zero-order valence-corrected chi connectivity index (χ0v) is 12.2. The fourth-order valence-electron chi connectivity index (χ4n) is 2.74. The molecule has 0 bridgehead atoms. The molecule has 0 aliphatic carbocycles. The van der Waals surface area contributed by atoms with Crippen LogP contribution in [0.15, 0.2) is 48.7 Å². The second-order valence-electron chi connectivity index (χ2n) is 5.01. The van der Waals surface area contributed by atoms with Crippen LogP contribution in [0.5, 0.6) is 17.2 Å². The summed E-state index contributed by atoms with van der Waals surface area (Å²) < 4.78 is 16.7. The molecule has 4 nitrogen and oxygen atoms in total. The van der Waals surface area contributed by atoms with Gasteiger partial charge in [0.15, 0.2) is 11.5 Å². The topological polar surface area (TPSA) is 40.6 Å². The van der Waals surface area contributed by atoms with E-state index in [4.69, 9.17) is 14.2 Å². The van der Waals surface area contributed by atoms with E-state index >= 15 is 0 Å². The molecule has 0 saturated heterocycles. The lowest BCUT2D eigenvalue weighted by molar-refractivity contribution is 0.174.